The molecule has 0 spiro atoms. The van der Waals surface area contributed by atoms with Crippen molar-refractivity contribution in [1.82, 2.24) is 0 Å². The van der Waals surface area contributed by atoms with E-state index in [1.54, 1.807) is 31.2 Å². The summed E-state index contributed by atoms with van der Waals surface area (Å²) in [6.07, 6.45) is 1.39. The Labute approximate surface area is 130 Å². The van der Waals surface area contributed by atoms with Gasteiger partial charge in [-0.2, -0.15) is 0 Å². The van der Waals surface area contributed by atoms with Gasteiger partial charge in [0.1, 0.15) is 5.41 Å². The van der Waals surface area contributed by atoms with Crippen molar-refractivity contribution in [1.29, 1.82) is 0 Å². The molecule has 3 nitrogen and oxygen atoms in total. The lowest BCUT2D eigenvalue weighted by Crippen LogP contribution is -2.39. The normalized spacial score (nSPS) is 13.0. The van der Waals surface area contributed by atoms with Crippen LogP contribution < -0.4 is 5.32 Å². The van der Waals surface area contributed by atoms with Crippen molar-refractivity contribution in [2.45, 2.75) is 13.8 Å². The van der Waals surface area contributed by atoms with E-state index in [4.69, 9.17) is 0 Å². The molecule has 0 heterocycles. The summed E-state index contributed by atoms with van der Waals surface area (Å²) in [6.45, 7) is 7.23. The van der Waals surface area contributed by atoms with Crippen molar-refractivity contribution in [3.05, 3.63) is 78.4 Å². The second-order valence-electron chi connectivity index (χ2n) is 5.42. The first kappa shape index (κ1) is 15.7. The van der Waals surface area contributed by atoms with E-state index >= 15 is 0 Å². The van der Waals surface area contributed by atoms with Gasteiger partial charge in [0.15, 0.2) is 5.78 Å². The van der Waals surface area contributed by atoms with Crippen LogP contribution in [-0.2, 0) is 4.79 Å². The highest BCUT2D eigenvalue weighted by Crippen LogP contribution is 2.26. The highest BCUT2D eigenvalue weighted by molar-refractivity contribution is 6.18. The molecule has 0 aliphatic heterocycles. The maximum Gasteiger partial charge on any atom is 0.242 e. The van der Waals surface area contributed by atoms with E-state index in [1.165, 1.54) is 6.08 Å². The van der Waals surface area contributed by atoms with Crippen LogP contribution in [0.2, 0.25) is 0 Å². The number of carbonyl (C=O) groups excluding carboxylic acids is 2. The first-order chi connectivity index (χ1) is 10.5. The van der Waals surface area contributed by atoms with Crippen LogP contribution in [0.5, 0.6) is 0 Å². The van der Waals surface area contributed by atoms with Gasteiger partial charge in [-0.3, -0.25) is 9.59 Å². The van der Waals surface area contributed by atoms with E-state index in [9.17, 15) is 9.59 Å². The van der Waals surface area contributed by atoms with Crippen molar-refractivity contribution in [2.24, 2.45) is 5.41 Å². The standard InChI is InChI=1S/C19H19NO2/c1-4-19(3,17(21)15-8-6-5-7-9-15)18(22)20-16-12-10-14(2)11-13-16/h4-13H,1H2,2-3H3,(H,20,22). The van der Waals surface area contributed by atoms with Crippen LogP contribution in [0.15, 0.2) is 67.3 Å². The van der Waals surface area contributed by atoms with Gasteiger partial charge in [-0.05, 0) is 26.0 Å². The number of nitrogens with one attached hydrogen (secondary N) is 1. The smallest absolute Gasteiger partial charge is 0.242 e. The summed E-state index contributed by atoms with van der Waals surface area (Å²) in [5.74, 6) is -0.659. The van der Waals surface area contributed by atoms with Gasteiger partial charge < -0.3 is 5.32 Å². The third kappa shape index (κ3) is 3.14. The van der Waals surface area contributed by atoms with Gasteiger partial charge in [0.2, 0.25) is 5.91 Å². The predicted octanol–water partition coefficient (Wildman–Crippen LogP) is 4.01. The zero-order valence-electron chi connectivity index (χ0n) is 12.8. The molecular formula is C19H19NO2. The van der Waals surface area contributed by atoms with E-state index in [2.05, 4.69) is 11.9 Å². The lowest BCUT2D eigenvalue weighted by Gasteiger charge is -2.23. The fourth-order valence-electron chi connectivity index (χ4n) is 2.08. The maximum absolute atomic E-state index is 12.7. The number of amides is 1. The number of carbonyl (C=O) groups is 2. The molecule has 0 saturated heterocycles. The summed E-state index contributed by atoms with van der Waals surface area (Å²) in [6, 6.07) is 16.2. The van der Waals surface area contributed by atoms with E-state index in [0.717, 1.165) is 5.56 Å². The van der Waals surface area contributed by atoms with Gasteiger partial charge in [-0.25, -0.2) is 0 Å². The van der Waals surface area contributed by atoms with Crippen LogP contribution in [0.4, 0.5) is 5.69 Å². The molecular weight excluding hydrogens is 274 g/mol. The minimum Gasteiger partial charge on any atom is -0.325 e. The number of aryl methyl sites for hydroxylation is 1. The Balaban J connectivity index is 2.25. The van der Waals surface area contributed by atoms with Crippen molar-refractivity contribution in [3.8, 4) is 0 Å². The van der Waals surface area contributed by atoms with Crippen molar-refractivity contribution in [2.75, 3.05) is 5.32 Å². The van der Waals surface area contributed by atoms with E-state index in [1.807, 2.05) is 37.3 Å². The summed E-state index contributed by atoms with van der Waals surface area (Å²) >= 11 is 0. The minimum absolute atomic E-state index is 0.271. The van der Waals surface area contributed by atoms with Crippen LogP contribution in [-0.4, -0.2) is 11.7 Å². The molecule has 0 aliphatic carbocycles. The average molecular weight is 293 g/mol. The minimum atomic E-state index is -1.31. The van der Waals surface area contributed by atoms with Crippen LogP contribution in [0.3, 0.4) is 0 Å². The maximum atomic E-state index is 12.7. The molecule has 3 heteroatoms. The molecule has 22 heavy (non-hydrogen) atoms. The summed E-state index contributed by atoms with van der Waals surface area (Å²) < 4.78 is 0. The second kappa shape index (κ2) is 6.39. The summed E-state index contributed by atoms with van der Waals surface area (Å²) in [7, 11) is 0. The van der Waals surface area contributed by atoms with Gasteiger partial charge in [-0.15, -0.1) is 6.58 Å². The number of hydrogen-bond donors (Lipinski definition) is 1. The topological polar surface area (TPSA) is 46.2 Å². The van der Waals surface area contributed by atoms with Gasteiger partial charge in [0, 0.05) is 11.3 Å². The summed E-state index contributed by atoms with van der Waals surface area (Å²) in [5.41, 5.74) is 0.935. The monoisotopic (exact) mass is 293 g/mol. The van der Waals surface area contributed by atoms with Crippen LogP contribution in [0, 0.1) is 12.3 Å². The molecule has 2 aromatic carbocycles. The Bertz CT molecular complexity index is 689. The van der Waals surface area contributed by atoms with Gasteiger partial charge in [-0.1, -0.05) is 54.1 Å². The van der Waals surface area contributed by atoms with Crippen molar-refractivity contribution >= 4 is 17.4 Å². The summed E-state index contributed by atoms with van der Waals surface area (Å²) in [5, 5.41) is 2.78. The molecule has 1 unspecified atom stereocenters. The number of benzene rings is 2. The summed E-state index contributed by atoms with van der Waals surface area (Å²) in [4.78, 5) is 25.2. The molecule has 1 atom stereocenters. The first-order valence-corrected chi connectivity index (χ1v) is 7.09. The molecule has 2 rings (SSSR count). The van der Waals surface area contributed by atoms with E-state index < -0.39 is 5.41 Å². The Morgan fingerprint density at radius 1 is 1.05 bits per heavy atom. The lowest BCUT2D eigenvalue weighted by atomic mass is 9.81. The molecule has 0 aliphatic rings. The van der Waals surface area contributed by atoms with E-state index in [0.29, 0.717) is 11.3 Å². The molecule has 1 amide bonds. The molecule has 0 bridgehead atoms. The van der Waals surface area contributed by atoms with E-state index in [-0.39, 0.29) is 11.7 Å². The second-order valence-corrected chi connectivity index (χ2v) is 5.42. The number of rotatable bonds is 5. The molecule has 1 N–H and O–H groups in total. The molecule has 2 aromatic rings. The Morgan fingerprint density at radius 3 is 2.18 bits per heavy atom. The predicted molar refractivity (Wildman–Crippen MR) is 88.9 cm³/mol. The molecule has 0 aromatic heterocycles. The van der Waals surface area contributed by atoms with Crippen molar-refractivity contribution in [3.63, 3.8) is 0 Å². The number of Topliss-reactive ketones (excluding diaryl/α,β-unsaturated/α-hetero) is 1. The zero-order chi connectivity index (χ0) is 16.2. The zero-order valence-corrected chi connectivity index (χ0v) is 12.8. The number of ketones is 1. The molecule has 0 radical (unpaired) electrons. The Hall–Kier alpha value is -2.68. The van der Waals surface area contributed by atoms with Crippen LogP contribution in [0.25, 0.3) is 0 Å². The fourth-order valence-corrected chi connectivity index (χ4v) is 2.08. The Morgan fingerprint density at radius 2 is 1.64 bits per heavy atom. The fraction of sp³-hybridized carbons (Fsp3) is 0.158. The van der Waals surface area contributed by atoms with Gasteiger partial charge in [0.05, 0.1) is 0 Å². The van der Waals surface area contributed by atoms with Crippen LogP contribution in [0.1, 0.15) is 22.8 Å². The lowest BCUT2D eigenvalue weighted by molar-refractivity contribution is -0.120. The molecule has 112 valence electrons. The van der Waals surface area contributed by atoms with Crippen molar-refractivity contribution < 1.29 is 9.59 Å². The SMILES string of the molecule is C=CC(C)(C(=O)Nc1ccc(C)cc1)C(=O)c1ccccc1. The van der Waals surface area contributed by atoms with Gasteiger partial charge in [0.25, 0.3) is 0 Å². The third-order valence-electron chi connectivity index (χ3n) is 3.70. The highest BCUT2D eigenvalue weighted by atomic mass is 16.2. The Kier molecular flexibility index (Phi) is 4.56. The largest absolute Gasteiger partial charge is 0.325 e. The number of anilines is 1. The first-order valence-electron chi connectivity index (χ1n) is 7.09. The number of hydrogen-bond acceptors (Lipinski definition) is 2. The molecule has 0 fully saturated rings. The van der Waals surface area contributed by atoms with Crippen LogP contribution >= 0.6 is 0 Å². The molecule has 0 saturated carbocycles. The third-order valence-corrected chi connectivity index (χ3v) is 3.70. The van der Waals surface area contributed by atoms with Gasteiger partial charge >= 0.3 is 0 Å². The quantitative estimate of drug-likeness (QED) is 0.514. The average Bonchev–Trinajstić information content (AvgIpc) is 2.56. The highest BCUT2D eigenvalue weighted by Gasteiger charge is 2.38.